The van der Waals surface area contributed by atoms with E-state index in [2.05, 4.69) is 10.1 Å². The quantitative estimate of drug-likeness (QED) is 0.830. The second kappa shape index (κ2) is 8.63. The molecule has 2 aromatic heterocycles. The van der Waals surface area contributed by atoms with Crippen LogP contribution in [0.4, 0.5) is 5.82 Å². The minimum atomic E-state index is -0.150. The Hall–Kier alpha value is -2.90. The predicted molar refractivity (Wildman–Crippen MR) is 111 cm³/mol. The largest absolute Gasteiger partial charge is 0.383 e. The van der Waals surface area contributed by atoms with Crippen LogP contribution < -0.4 is 5.73 Å². The average Bonchev–Trinajstić information content (AvgIpc) is 3.11. The van der Waals surface area contributed by atoms with E-state index in [1.807, 2.05) is 41.8 Å². The minimum absolute atomic E-state index is 0.115. The van der Waals surface area contributed by atoms with Crippen LogP contribution in [0.1, 0.15) is 47.4 Å². The van der Waals surface area contributed by atoms with Crippen LogP contribution in [0.25, 0.3) is 0 Å². The lowest BCUT2D eigenvalue weighted by molar-refractivity contribution is -0.136. The Morgan fingerprint density at radius 2 is 1.93 bits per heavy atom. The van der Waals surface area contributed by atoms with Gasteiger partial charge in [0.15, 0.2) is 0 Å². The van der Waals surface area contributed by atoms with Gasteiger partial charge in [-0.15, -0.1) is 0 Å². The number of hydrogen-bond donors (Lipinski definition) is 1. The van der Waals surface area contributed by atoms with Crippen molar-refractivity contribution in [3.8, 4) is 0 Å². The minimum Gasteiger partial charge on any atom is -0.383 e. The molecule has 2 aromatic rings. The van der Waals surface area contributed by atoms with Gasteiger partial charge in [-0.25, -0.2) is 4.98 Å². The third kappa shape index (κ3) is 4.75. The van der Waals surface area contributed by atoms with E-state index < -0.39 is 0 Å². The molecule has 8 nitrogen and oxygen atoms in total. The van der Waals surface area contributed by atoms with E-state index in [9.17, 15) is 9.59 Å². The van der Waals surface area contributed by atoms with Crippen LogP contribution in [0.3, 0.4) is 0 Å². The second-order valence-electron chi connectivity index (χ2n) is 8.05. The molecule has 1 fully saturated rings. The van der Waals surface area contributed by atoms with Gasteiger partial charge in [0.05, 0.1) is 23.7 Å². The van der Waals surface area contributed by atoms with Gasteiger partial charge in [0, 0.05) is 45.0 Å². The number of hydrogen-bond acceptors (Lipinski definition) is 5. The van der Waals surface area contributed by atoms with E-state index in [0.717, 1.165) is 24.2 Å². The molecule has 0 aliphatic carbocycles. The summed E-state index contributed by atoms with van der Waals surface area (Å²) in [5.74, 6) is 0.409. The average molecular weight is 399 g/mol. The molecule has 29 heavy (non-hydrogen) atoms. The molecule has 0 spiro atoms. The van der Waals surface area contributed by atoms with Gasteiger partial charge < -0.3 is 15.5 Å². The molecule has 1 aliphatic heterocycles. The second-order valence-corrected chi connectivity index (χ2v) is 8.05. The van der Waals surface area contributed by atoms with Crippen LogP contribution in [0.2, 0.25) is 0 Å². The molecule has 0 bridgehead atoms. The topological polar surface area (TPSA) is 97.4 Å². The Balaban J connectivity index is 1.58. The fourth-order valence-electron chi connectivity index (χ4n) is 3.77. The summed E-state index contributed by atoms with van der Waals surface area (Å²) in [6.45, 7) is 5.88. The van der Waals surface area contributed by atoms with E-state index in [-0.39, 0.29) is 29.5 Å². The Morgan fingerprint density at radius 3 is 2.48 bits per heavy atom. The highest BCUT2D eigenvalue weighted by molar-refractivity contribution is 5.98. The number of rotatable bonds is 5. The summed E-state index contributed by atoms with van der Waals surface area (Å²) in [7, 11) is 3.38. The van der Waals surface area contributed by atoms with Crippen LogP contribution in [0.5, 0.6) is 0 Å². The molecule has 2 amide bonds. The van der Waals surface area contributed by atoms with Gasteiger partial charge in [0.25, 0.3) is 5.91 Å². The lowest BCUT2D eigenvalue weighted by atomic mass is 9.92. The molecular formula is C21H30N6O2. The van der Waals surface area contributed by atoms with Crippen molar-refractivity contribution in [1.29, 1.82) is 0 Å². The SMILES string of the molecule is Cc1ccn(CC(C)C(=O)N2CCC(c3ccc(C(=O)N(C)C)c(N)n3)CC2)n1. The zero-order valence-electron chi connectivity index (χ0n) is 17.6. The number of aryl methyl sites for hydroxylation is 1. The molecule has 0 radical (unpaired) electrons. The number of aromatic nitrogens is 3. The summed E-state index contributed by atoms with van der Waals surface area (Å²) in [5, 5.41) is 4.37. The van der Waals surface area contributed by atoms with Crippen molar-refractivity contribution in [2.45, 2.75) is 39.2 Å². The molecule has 0 saturated carbocycles. The maximum Gasteiger partial charge on any atom is 0.257 e. The number of likely N-dealkylation sites (tertiary alicyclic amines) is 1. The Morgan fingerprint density at radius 1 is 1.24 bits per heavy atom. The zero-order chi connectivity index (χ0) is 21.1. The van der Waals surface area contributed by atoms with Gasteiger partial charge in [0.2, 0.25) is 5.91 Å². The van der Waals surface area contributed by atoms with E-state index in [4.69, 9.17) is 5.73 Å². The summed E-state index contributed by atoms with van der Waals surface area (Å²) in [5.41, 5.74) is 8.30. The molecule has 3 heterocycles. The number of amides is 2. The molecule has 0 aromatic carbocycles. The first kappa shape index (κ1) is 20.8. The maximum atomic E-state index is 12.8. The van der Waals surface area contributed by atoms with E-state index in [1.54, 1.807) is 20.2 Å². The molecule has 1 atom stereocenters. The van der Waals surface area contributed by atoms with Crippen LogP contribution in [0, 0.1) is 12.8 Å². The smallest absolute Gasteiger partial charge is 0.257 e. The molecule has 156 valence electrons. The van der Waals surface area contributed by atoms with Crippen molar-refractivity contribution in [3.63, 3.8) is 0 Å². The molecule has 1 unspecified atom stereocenters. The fraction of sp³-hybridized carbons (Fsp3) is 0.524. The number of piperidine rings is 1. The first-order valence-corrected chi connectivity index (χ1v) is 10.0. The van der Waals surface area contributed by atoms with Gasteiger partial charge >= 0.3 is 0 Å². The highest BCUT2D eigenvalue weighted by Gasteiger charge is 2.28. The lowest BCUT2D eigenvalue weighted by Crippen LogP contribution is -2.41. The maximum absolute atomic E-state index is 12.8. The number of nitrogens with zero attached hydrogens (tertiary/aromatic N) is 5. The lowest BCUT2D eigenvalue weighted by Gasteiger charge is -2.33. The fourth-order valence-corrected chi connectivity index (χ4v) is 3.77. The van der Waals surface area contributed by atoms with Gasteiger partial charge in [0.1, 0.15) is 5.82 Å². The Kier molecular flexibility index (Phi) is 6.20. The molecule has 8 heteroatoms. The van der Waals surface area contributed by atoms with Gasteiger partial charge in [-0.3, -0.25) is 14.3 Å². The third-order valence-corrected chi connectivity index (χ3v) is 5.46. The third-order valence-electron chi connectivity index (χ3n) is 5.46. The standard InChI is InChI=1S/C21H30N6O2/c1-14(13-27-12-7-15(2)24-27)20(28)26-10-8-16(9-11-26)18-6-5-17(19(22)23-18)21(29)25(3)4/h5-7,12,14,16H,8-11,13H2,1-4H3,(H2,22,23). The number of nitrogens with two attached hydrogens (primary N) is 1. The highest BCUT2D eigenvalue weighted by Crippen LogP contribution is 2.29. The van der Waals surface area contributed by atoms with E-state index in [1.165, 1.54) is 4.90 Å². The van der Waals surface area contributed by atoms with Crippen LogP contribution in [-0.4, -0.2) is 63.6 Å². The van der Waals surface area contributed by atoms with Crippen LogP contribution in [-0.2, 0) is 11.3 Å². The molecule has 2 N–H and O–H groups in total. The Bertz CT molecular complexity index is 883. The van der Waals surface area contributed by atoms with Crippen molar-refractivity contribution < 1.29 is 9.59 Å². The monoisotopic (exact) mass is 398 g/mol. The number of anilines is 1. The zero-order valence-corrected chi connectivity index (χ0v) is 17.6. The van der Waals surface area contributed by atoms with E-state index in [0.29, 0.717) is 25.2 Å². The van der Waals surface area contributed by atoms with Crippen molar-refractivity contribution in [3.05, 3.63) is 41.3 Å². The van der Waals surface area contributed by atoms with Crippen molar-refractivity contribution >= 4 is 17.6 Å². The number of nitrogen functional groups attached to an aromatic ring is 1. The van der Waals surface area contributed by atoms with Crippen LogP contribution in [0.15, 0.2) is 24.4 Å². The highest BCUT2D eigenvalue weighted by atomic mass is 16.2. The summed E-state index contributed by atoms with van der Waals surface area (Å²) >= 11 is 0. The number of carbonyl (C=O) groups excluding carboxylic acids is 2. The van der Waals surface area contributed by atoms with Crippen LogP contribution >= 0.6 is 0 Å². The molecule has 3 rings (SSSR count). The van der Waals surface area contributed by atoms with Gasteiger partial charge in [-0.05, 0) is 38.0 Å². The van der Waals surface area contributed by atoms with E-state index >= 15 is 0 Å². The summed E-state index contributed by atoms with van der Waals surface area (Å²) in [6.07, 6.45) is 3.59. The first-order chi connectivity index (χ1) is 13.8. The number of carbonyl (C=O) groups is 2. The summed E-state index contributed by atoms with van der Waals surface area (Å²) < 4.78 is 1.83. The van der Waals surface area contributed by atoms with Crippen molar-refractivity contribution in [1.82, 2.24) is 24.6 Å². The van der Waals surface area contributed by atoms with Crippen molar-refractivity contribution in [2.75, 3.05) is 32.9 Å². The molecular weight excluding hydrogens is 368 g/mol. The Labute approximate surface area is 171 Å². The van der Waals surface area contributed by atoms with Gasteiger partial charge in [-0.1, -0.05) is 6.92 Å². The summed E-state index contributed by atoms with van der Waals surface area (Å²) in [6, 6.07) is 5.59. The number of pyridine rings is 1. The summed E-state index contributed by atoms with van der Waals surface area (Å²) in [4.78, 5) is 32.8. The molecule has 1 aliphatic rings. The molecule has 1 saturated heterocycles. The normalized spacial score (nSPS) is 15.9. The predicted octanol–water partition coefficient (Wildman–Crippen LogP) is 1.91. The van der Waals surface area contributed by atoms with Gasteiger partial charge in [-0.2, -0.15) is 5.10 Å². The first-order valence-electron chi connectivity index (χ1n) is 10.0. The van der Waals surface area contributed by atoms with Crippen molar-refractivity contribution in [2.24, 2.45) is 5.92 Å².